The summed E-state index contributed by atoms with van der Waals surface area (Å²) in [5.41, 5.74) is 13.6. The van der Waals surface area contributed by atoms with Gasteiger partial charge in [-0.05, 0) is 69.8 Å². The molecule has 182 valence electrons. The first kappa shape index (κ1) is 20.9. The first-order valence-corrected chi connectivity index (χ1v) is 13.5. The third-order valence-corrected chi connectivity index (χ3v) is 8.76. The highest BCUT2D eigenvalue weighted by molar-refractivity contribution is 6.12. The molecule has 0 bridgehead atoms. The number of nitrogens with zero attached hydrogens (tertiary/aromatic N) is 1. The Morgan fingerprint density at radius 3 is 2.08 bits per heavy atom. The minimum atomic E-state index is -0.391. The van der Waals surface area contributed by atoms with Crippen LogP contribution >= 0.6 is 0 Å². The summed E-state index contributed by atoms with van der Waals surface area (Å²) in [5, 5.41) is 6.24. The number of benzene rings is 6. The molecule has 0 amide bonds. The summed E-state index contributed by atoms with van der Waals surface area (Å²) in [4.78, 5) is 0. The molecule has 1 aliphatic carbocycles. The van der Waals surface area contributed by atoms with Gasteiger partial charge in [0.05, 0.1) is 22.1 Å². The smallest absolute Gasteiger partial charge is 0.0754 e. The minimum Gasteiger partial charge on any atom is -0.356 e. The van der Waals surface area contributed by atoms with E-state index in [4.69, 9.17) is 0 Å². The monoisotopic (exact) mass is 496 g/mol. The number of fused-ring (bicyclic) bond motifs is 12. The fourth-order valence-electron chi connectivity index (χ4n) is 7.33. The first-order chi connectivity index (χ1) is 19.4. The molecule has 2 aliphatic rings. The molecule has 1 atom stereocenters. The maximum Gasteiger partial charge on any atom is 0.0754 e. The predicted molar refractivity (Wildman–Crippen MR) is 161 cm³/mol. The Kier molecular flexibility index (Phi) is 4.02. The normalized spacial score (nSPS) is 16.3. The summed E-state index contributed by atoms with van der Waals surface area (Å²) in [7, 11) is 0. The lowest BCUT2D eigenvalue weighted by Gasteiger charge is -2.39. The molecule has 2 heteroatoms. The van der Waals surface area contributed by atoms with Crippen molar-refractivity contribution >= 4 is 33.2 Å². The lowest BCUT2D eigenvalue weighted by molar-refractivity contribution is 0.748. The fraction of sp³-hybridized carbons (Fsp3) is 0.0270. The van der Waals surface area contributed by atoms with Crippen molar-refractivity contribution in [2.45, 2.75) is 5.41 Å². The molecule has 2 heterocycles. The van der Waals surface area contributed by atoms with Gasteiger partial charge in [-0.2, -0.15) is 0 Å². The third kappa shape index (κ3) is 2.56. The second kappa shape index (κ2) is 7.49. The Hall–Kier alpha value is -5.08. The quantitative estimate of drug-likeness (QED) is 0.252. The average molecular weight is 497 g/mol. The van der Waals surface area contributed by atoms with E-state index in [1.165, 1.54) is 60.9 Å². The van der Waals surface area contributed by atoms with Gasteiger partial charge in [0.1, 0.15) is 0 Å². The molecule has 9 rings (SSSR count). The van der Waals surface area contributed by atoms with Crippen molar-refractivity contribution in [3.8, 4) is 16.8 Å². The topological polar surface area (TPSA) is 17.0 Å². The van der Waals surface area contributed by atoms with Gasteiger partial charge in [0.15, 0.2) is 0 Å². The van der Waals surface area contributed by atoms with E-state index in [0.717, 1.165) is 11.4 Å². The largest absolute Gasteiger partial charge is 0.356 e. The van der Waals surface area contributed by atoms with Crippen LogP contribution < -0.4 is 5.32 Å². The molecule has 0 radical (unpaired) electrons. The lowest BCUT2D eigenvalue weighted by Crippen LogP contribution is -2.33. The summed E-state index contributed by atoms with van der Waals surface area (Å²) >= 11 is 0. The van der Waals surface area contributed by atoms with E-state index in [9.17, 15) is 0 Å². The van der Waals surface area contributed by atoms with Crippen molar-refractivity contribution in [2.75, 3.05) is 5.32 Å². The molecule has 0 saturated carbocycles. The van der Waals surface area contributed by atoms with Crippen LogP contribution in [0.25, 0.3) is 38.6 Å². The van der Waals surface area contributed by atoms with Crippen molar-refractivity contribution in [1.82, 2.24) is 4.57 Å². The molecule has 1 spiro atoms. The summed E-state index contributed by atoms with van der Waals surface area (Å²) < 4.78 is 2.49. The van der Waals surface area contributed by atoms with Crippen LogP contribution in [-0.4, -0.2) is 4.57 Å². The SMILES string of the molecule is c1ccc(Nc2ccc3c(c2)-c2ccccc2C32c3ccccc3-n3c4ccccc4c4cccc2c43)cc1. The van der Waals surface area contributed by atoms with Gasteiger partial charge in [-0.25, -0.2) is 0 Å². The van der Waals surface area contributed by atoms with Crippen molar-refractivity contribution in [2.24, 2.45) is 0 Å². The molecule has 1 aromatic heterocycles. The summed E-state index contributed by atoms with van der Waals surface area (Å²) in [6.07, 6.45) is 0. The Balaban J connectivity index is 1.42. The number of nitrogens with one attached hydrogen (secondary N) is 1. The molecule has 1 unspecified atom stereocenters. The van der Waals surface area contributed by atoms with Gasteiger partial charge < -0.3 is 9.88 Å². The van der Waals surface area contributed by atoms with Crippen LogP contribution in [-0.2, 0) is 5.41 Å². The summed E-state index contributed by atoms with van der Waals surface area (Å²) in [6, 6.07) is 51.1. The van der Waals surface area contributed by atoms with E-state index in [1.807, 2.05) is 6.07 Å². The lowest BCUT2D eigenvalue weighted by atomic mass is 9.65. The molecule has 39 heavy (non-hydrogen) atoms. The maximum atomic E-state index is 3.62. The second-order valence-electron chi connectivity index (χ2n) is 10.6. The molecular formula is C37H24N2. The molecule has 0 fully saturated rings. The Morgan fingerprint density at radius 1 is 0.462 bits per heavy atom. The third-order valence-electron chi connectivity index (χ3n) is 8.76. The highest BCUT2D eigenvalue weighted by Gasteiger charge is 2.50. The van der Waals surface area contributed by atoms with E-state index in [2.05, 4.69) is 143 Å². The predicted octanol–water partition coefficient (Wildman–Crippen LogP) is 9.20. The number of rotatable bonds is 2. The zero-order valence-corrected chi connectivity index (χ0v) is 21.2. The number of hydrogen-bond donors (Lipinski definition) is 1. The molecule has 7 aromatic rings. The molecule has 6 aromatic carbocycles. The van der Waals surface area contributed by atoms with E-state index < -0.39 is 5.41 Å². The molecular weight excluding hydrogens is 472 g/mol. The molecule has 2 nitrogen and oxygen atoms in total. The van der Waals surface area contributed by atoms with Crippen LogP contribution in [0.4, 0.5) is 11.4 Å². The average Bonchev–Trinajstić information content (AvgIpc) is 3.48. The molecule has 1 aliphatic heterocycles. The van der Waals surface area contributed by atoms with Crippen molar-refractivity contribution < 1.29 is 0 Å². The second-order valence-corrected chi connectivity index (χ2v) is 10.6. The van der Waals surface area contributed by atoms with E-state index >= 15 is 0 Å². The molecule has 1 N–H and O–H groups in total. The van der Waals surface area contributed by atoms with Crippen molar-refractivity contribution in [1.29, 1.82) is 0 Å². The van der Waals surface area contributed by atoms with Crippen LogP contribution in [0.3, 0.4) is 0 Å². The van der Waals surface area contributed by atoms with Gasteiger partial charge >= 0.3 is 0 Å². The number of aromatic nitrogens is 1. The van der Waals surface area contributed by atoms with Gasteiger partial charge in [-0.15, -0.1) is 0 Å². The highest BCUT2D eigenvalue weighted by Crippen LogP contribution is 2.61. The van der Waals surface area contributed by atoms with Gasteiger partial charge in [-0.1, -0.05) is 103 Å². The number of anilines is 2. The van der Waals surface area contributed by atoms with Gasteiger partial charge in [0.25, 0.3) is 0 Å². The van der Waals surface area contributed by atoms with Gasteiger partial charge in [0, 0.05) is 22.1 Å². The first-order valence-electron chi connectivity index (χ1n) is 13.5. The van der Waals surface area contributed by atoms with Crippen LogP contribution in [0.2, 0.25) is 0 Å². The van der Waals surface area contributed by atoms with Crippen LogP contribution in [0.15, 0.2) is 140 Å². The number of hydrogen-bond acceptors (Lipinski definition) is 1. The zero-order valence-electron chi connectivity index (χ0n) is 21.2. The van der Waals surface area contributed by atoms with Crippen LogP contribution in [0, 0.1) is 0 Å². The van der Waals surface area contributed by atoms with Crippen molar-refractivity contribution in [3.63, 3.8) is 0 Å². The van der Waals surface area contributed by atoms with E-state index in [1.54, 1.807) is 0 Å². The Bertz CT molecular complexity index is 2100. The van der Waals surface area contributed by atoms with Crippen LogP contribution in [0.5, 0.6) is 0 Å². The molecule has 0 saturated heterocycles. The van der Waals surface area contributed by atoms with E-state index in [0.29, 0.717) is 0 Å². The minimum absolute atomic E-state index is 0.391. The highest BCUT2D eigenvalue weighted by atomic mass is 15.0. The summed E-state index contributed by atoms with van der Waals surface area (Å²) in [5.74, 6) is 0. The van der Waals surface area contributed by atoms with Crippen molar-refractivity contribution in [3.05, 3.63) is 162 Å². The standard InChI is InChI=1S/C37H24N2/c1-2-11-24(12-3-1)38-25-21-22-31-29(23-25)26-13-4-6-16-30(26)37(31)32-17-7-9-20-35(32)39-34-19-8-5-14-27(34)28-15-10-18-33(37)36(28)39/h1-23,38H. The fourth-order valence-corrected chi connectivity index (χ4v) is 7.33. The Labute approximate surface area is 226 Å². The van der Waals surface area contributed by atoms with E-state index in [-0.39, 0.29) is 0 Å². The van der Waals surface area contributed by atoms with Gasteiger partial charge in [-0.3, -0.25) is 0 Å². The Morgan fingerprint density at radius 2 is 1.15 bits per heavy atom. The van der Waals surface area contributed by atoms with Crippen LogP contribution in [0.1, 0.15) is 22.3 Å². The number of para-hydroxylation sites is 4. The summed E-state index contributed by atoms with van der Waals surface area (Å²) in [6.45, 7) is 0. The zero-order chi connectivity index (χ0) is 25.6. The maximum absolute atomic E-state index is 3.62. The van der Waals surface area contributed by atoms with Gasteiger partial charge in [0.2, 0.25) is 0 Å².